The molecule has 4 heteroatoms. The van der Waals surface area contributed by atoms with Gasteiger partial charge in [-0.2, -0.15) is 0 Å². The lowest BCUT2D eigenvalue weighted by Gasteiger charge is -2.12. The Bertz CT molecular complexity index is 3210. The lowest BCUT2D eigenvalue weighted by molar-refractivity contribution is 0.968. The summed E-state index contributed by atoms with van der Waals surface area (Å²) in [5.74, 6) is 1.57. The monoisotopic (exact) mass is 716 g/mol. The predicted octanol–water partition coefficient (Wildman–Crippen LogP) is 11.5. The van der Waals surface area contributed by atoms with Crippen LogP contribution in [0.3, 0.4) is 0 Å². The van der Waals surface area contributed by atoms with E-state index in [9.17, 15) is 0 Å². The molecule has 1 aliphatic rings. The van der Waals surface area contributed by atoms with Crippen LogP contribution in [0.1, 0.15) is 12.8 Å². The minimum atomic E-state index is 0.709. The third kappa shape index (κ3) is 5.38. The van der Waals surface area contributed by atoms with Crippen molar-refractivity contribution in [1.82, 2.24) is 19.1 Å². The molecule has 7 aromatic carbocycles. The molecule has 0 aliphatic heterocycles. The zero-order chi connectivity index (χ0) is 37.0. The zero-order valence-corrected chi connectivity index (χ0v) is 30.7. The summed E-state index contributed by atoms with van der Waals surface area (Å²) in [5, 5.41) is 6.19. The van der Waals surface area contributed by atoms with Gasteiger partial charge in [-0.15, -0.1) is 0 Å². The van der Waals surface area contributed by atoms with Gasteiger partial charge in [-0.25, -0.2) is 9.97 Å². The van der Waals surface area contributed by atoms with Gasteiger partial charge in [-0.05, 0) is 77.6 Å². The van der Waals surface area contributed by atoms with Gasteiger partial charge < -0.3 is 4.57 Å². The second-order valence-corrected chi connectivity index (χ2v) is 14.5. The molecule has 4 nitrogen and oxygen atoms in total. The van der Waals surface area contributed by atoms with Crippen molar-refractivity contribution in [1.29, 1.82) is 0 Å². The van der Waals surface area contributed by atoms with E-state index < -0.39 is 0 Å². The summed E-state index contributed by atoms with van der Waals surface area (Å²) in [6.07, 6.45) is 6.78. The highest BCUT2D eigenvalue weighted by atomic mass is 15.1. The predicted molar refractivity (Wildman–Crippen MR) is 232 cm³/mol. The van der Waals surface area contributed by atoms with E-state index in [-0.39, 0.29) is 0 Å². The molecule has 0 saturated heterocycles. The summed E-state index contributed by atoms with van der Waals surface area (Å²) in [6.45, 7) is 0. The van der Waals surface area contributed by atoms with E-state index in [4.69, 9.17) is 9.97 Å². The Morgan fingerprint density at radius 1 is 0.375 bits per heavy atom. The Balaban J connectivity index is 1.07. The molecule has 0 saturated carbocycles. The molecule has 0 bridgehead atoms. The number of nitrogens with zero attached hydrogens (tertiary/aromatic N) is 4. The molecule has 0 fully saturated rings. The average molecular weight is 717 g/mol. The van der Waals surface area contributed by atoms with Crippen molar-refractivity contribution in [2.45, 2.75) is 12.8 Å². The van der Waals surface area contributed by atoms with Crippen molar-refractivity contribution in [3.63, 3.8) is 0 Å². The van der Waals surface area contributed by atoms with Crippen LogP contribution < -0.4 is 10.6 Å². The van der Waals surface area contributed by atoms with Crippen molar-refractivity contribution in [2.24, 2.45) is 0 Å². The highest BCUT2D eigenvalue weighted by Gasteiger charge is 2.18. The molecule has 56 heavy (non-hydrogen) atoms. The Morgan fingerprint density at radius 2 is 0.929 bits per heavy atom. The minimum absolute atomic E-state index is 0.709. The highest BCUT2D eigenvalue weighted by molar-refractivity contribution is 6.10. The number of hydrogen-bond donors (Lipinski definition) is 0. The fourth-order valence-corrected chi connectivity index (χ4v) is 8.51. The Hall–Kier alpha value is -7.30. The molecule has 0 radical (unpaired) electrons. The Labute approximate surface area is 324 Å². The Morgan fingerprint density at radius 3 is 1.68 bits per heavy atom. The first-order valence-electron chi connectivity index (χ1n) is 19.3. The molecule has 10 aromatic rings. The minimum Gasteiger partial charge on any atom is -0.309 e. The maximum atomic E-state index is 5.28. The SMILES string of the molecule is C1=c2c(n(-c3cc(-c4ccc(-c5ccccc5)cc4)nc(-c4ccccc4)n3)c3ccc(-c4ccc5c(c4)c4ccccc4n5-c4ccccc4)cc23)=CCC1. The molecule has 11 rings (SSSR count). The fourth-order valence-electron chi connectivity index (χ4n) is 8.51. The van der Waals surface area contributed by atoms with Crippen LogP contribution in [0.4, 0.5) is 0 Å². The summed E-state index contributed by atoms with van der Waals surface area (Å²) < 4.78 is 4.72. The van der Waals surface area contributed by atoms with Crippen LogP contribution in [0.25, 0.3) is 101 Å². The smallest absolute Gasteiger partial charge is 0.162 e. The van der Waals surface area contributed by atoms with Gasteiger partial charge >= 0.3 is 0 Å². The Kier molecular flexibility index (Phi) is 7.59. The van der Waals surface area contributed by atoms with Crippen LogP contribution in [0.2, 0.25) is 0 Å². The van der Waals surface area contributed by atoms with Gasteiger partial charge in [0, 0.05) is 44.3 Å². The molecule has 0 spiro atoms. The molecule has 264 valence electrons. The molecular formula is C52H36N4. The van der Waals surface area contributed by atoms with Crippen molar-refractivity contribution in [3.05, 3.63) is 193 Å². The number of benzene rings is 7. The van der Waals surface area contributed by atoms with Crippen LogP contribution in [-0.2, 0) is 0 Å². The largest absolute Gasteiger partial charge is 0.309 e. The van der Waals surface area contributed by atoms with E-state index in [0.717, 1.165) is 41.0 Å². The van der Waals surface area contributed by atoms with Crippen molar-refractivity contribution >= 4 is 44.9 Å². The molecule has 0 unspecified atom stereocenters. The number of fused-ring (bicyclic) bond motifs is 6. The third-order valence-corrected chi connectivity index (χ3v) is 11.2. The van der Waals surface area contributed by atoms with Crippen LogP contribution in [0.15, 0.2) is 182 Å². The molecule has 0 amide bonds. The fraction of sp³-hybridized carbons (Fsp3) is 0.0385. The summed E-state index contributed by atoms with van der Waals surface area (Å²) in [7, 11) is 0. The standard InChI is InChI=1S/C52H36N4/c1-4-14-35(15-5-1)36-24-26-37(27-25-36)46-34-51(54-52(53-46)38-16-6-2-7-17-38)56-48-23-13-11-21-43(48)45-33-40(29-31-50(45)56)39-28-30-49-44(32-39)42-20-10-12-22-47(42)55(49)41-18-8-3-9-19-41/h1-10,12,14-34H,11,13H2. The highest BCUT2D eigenvalue weighted by Crippen LogP contribution is 2.36. The van der Waals surface area contributed by atoms with Gasteiger partial charge in [0.25, 0.3) is 0 Å². The van der Waals surface area contributed by atoms with Crippen LogP contribution in [-0.4, -0.2) is 19.1 Å². The van der Waals surface area contributed by atoms with Gasteiger partial charge in [-0.3, -0.25) is 4.57 Å². The molecular weight excluding hydrogens is 681 g/mol. The first-order valence-corrected chi connectivity index (χ1v) is 19.3. The van der Waals surface area contributed by atoms with Gasteiger partial charge in [0.1, 0.15) is 5.82 Å². The number of aromatic nitrogens is 4. The van der Waals surface area contributed by atoms with E-state index in [0.29, 0.717) is 5.82 Å². The molecule has 0 atom stereocenters. The van der Waals surface area contributed by atoms with Crippen LogP contribution in [0, 0.1) is 0 Å². The van der Waals surface area contributed by atoms with E-state index in [1.165, 1.54) is 65.7 Å². The number of rotatable bonds is 6. The first-order chi connectivity index (χ1) is 27.8. The number of para-hydroxylation sites is 2. The second kappa shape index (κ2) is 13.2. The maximum Gasteiger partial charge on any atom is 0.162 e. The van der Waals surface area contributed by atoms with Crippen LogP contribution >= 0.6 is 0 Å². The van der Waals surface area contributed by atoms with Gasteiger partial charge in [0.15, 0.2) is 5.82 Å². The van der Waals surface area contributed by atoms with Gasteiger partial charge in [0.2, 0.25) is 0 Å². The van der Waals surface area contributed by atoms with Crippen molar-refractivity contribution in [2.75, 3.05) is 0 Å². The molecule has 3 aromatic heterocycles. The molecule has 1 aliphatic carbocycles. The summed E-state index contributed by atoms with van der Waals surface area (Å²) >= 11 is 0. The van der Waals surface area contributed by atoms with Gasteiger partial charge in [-0.1, -0.05) is 146 Å². The van der Waals surface area contributed by atoms with E-state index >= 15 is 0 Å². The lowest BCUT2D eigenvalue weighted by atomic mass is 10.0. The normalized spacial score (nSPS) is 12.4. The molecule has 0 N–H and O–H groups in total. The third-order valence-electron chi connectivity index (χ3n) is 11.2. The van der Waals surface area contributed by atoms with E-state index in [1.54, 1.807) is 0 Å². The summed E-state index contributed by atoms with van der Waals surface area (Å²) in [6, 6.07) is 64.9. The van der Waals surface area contributed by atoms with Crippen molar-refractivity contribution in [3.8, 4) is 56.4 Å². The van der Waals surface area contributed by atoms with E-state index in [2.05, 4.69) is 185 Å². The average Bonchev–Trinajstić information content (AvgIpc) is 3.79. The second-order valence-electron chi connectivity index (χ2n) is 14.5. The summed E-state index contributed by atoms with van der Waals surface area (Å²) in [4.78, 5) is 10.4. The molecule has 3 heterocycles. The topological polar surface area (TPSA) is 35.6 Å². The van der Waals surface area contributed by atoms with Crippen LogP contribution in [0.5, 0.6) is 0 Å². The zero-order valence-electron chi connectivity index (χ0n) is 30.7. The lowest BCUT2D eigenvalue weighted by Crippen LogP contribution is -2.30. The van der Waals surface area contributed by atoms with Crippen molar-refractivity contribution < 1.29 is 0 Å². The summed E-state index contributed by atoms with van der Waals surface area (Å²) in [5.41, 5.74) is 12.4. The first kappa shape index (κ1) is 32.2. The van der Waals surface area contributed by atoms with Gasteiger partial charge in [0.05, 0.1) is 27.6 Å². The number of hydrogen-bond acceptors (Lipinski definition) is 2. The van der Waals surface area contributed by atoms with E-state index in [1.807, 2.05) is 18.2 Å². The quantitative estimate of drug-likeness (QED) is 0.172. The maximum absolute atomic E-state index is 5.28.